The molecule has 0 bridgehead atoms. The van der Waals surface area contributed by atoms with Crippen LogP contribution in [-0.2, 0) is 19.1 Å². The van der Waals surface area contributed by atoms with Crippen LogP contribution in [0.3, 0.4) is 0 Å². The van der Waals surface area contributed by atoms with Crippen LogP contribution in [0.25, 0.3) is 0 Å². The number of Topliss-reactive ketones (excluding diaryl/α,β-unsaturated/α-hetero) is 2. The molecule has 0 spiro atoms. The molecule has 0 atom stereocenters. The van der Waals surface area contributed by atoms with Crippen molar-refractivity contribution >= 4 is 11.6 Å². The fourth-order valence-electron chi connectivity index (χ4n) is 1.26. The van der Waals surface area contributed by atoms with Gasteiger partial charge in [0.1, 0.15) is 0 Å². The summed E-state index contributed by atoms with van der Waals surface area (Å²) in [7, 11) is 2.68. The normalized spacial score (nSPS) is 14.4. The van der Waals surface area contributed by atoms with E-state index in [0.717, 1.165) is 0 Å². The van der Waals surface area contributed by atoms with Gasteiger partial charge >= 0.3 is 0 Å². The first kappa shape index (κ1) is 18.8. The molecule has 0 aromatic rings. The molecule has 1 aliphatic rings. The summed E-state index contributed by atoms with van der Waals surface area (Å²) in [6.07, 6.45) is 0. The molecule has 1 rings (SSSR count). The topological polar surface area (TPSA) is 52.6 Å². The lowest BCUT2D eigenvalue weighted by molar-refractivity contribution is -0.121. The van der Waals surface area contributed by atoms with Gasteiger partial charge in [0.05, 0.1) is 14.2 Å². The number of ether oxygens (including phenoxy) is 2. The summed E-state index contributed by atoms with van der Waals surface area (Å²) in [5.74, 6) is -0.607. The smallest absolute Gasteiger partial charge is 0.227 e. The Morgan fingerprint density at radius 1 is 0.667 bits per heavy atom. The highest BCUT2D eigenvalue weighted by Crippen LogP contribution is 2.24. The van der Waals surface area contributed by atoms with Crippen molar-refractivity contribution in [3.63, 3.8) is 0 Å². The minimum Gasteiger partial charge on any atom is -0.489 e. The van der Waals surface area contributed by atoms with Crippen LogP contribution >= 0.6 is 0 Å². The maximum Gasteiger partial charge on any atom is 0.227 e. The summed E-state index contributed by atoms with van der Waals surface area (Å²) in [5.41, 5.74) is 0.820. The van der Waals surface area contributed by atoms with Crippen LogP contribution in [0.4, 0.5) is 0 Å². The van der Waals surface area contributed by atoms with E-state index in [4.69, 9.17) is 9.47 Å². The average molecular weight is 256 g/mol. The Kier molecular flexibility index (Phi) is 9.86. The Balaban J connectivity index is 0. The van der Waals surface area contributed by atoms with Crippen molar-refractivity contribution < 1.29 is 19.1 Å². The summed E-state index contributed by atoms with van der Waals surface area (Å²) >= 11 is 0. The van der Waals surface area contributed by atoms with E-state index in [2.05, 4.69) is 0 Å². The van der Waals surface area contributed by atoms with E-state index in [1.165, 1.54) is 14.2 Å². The van der Waals surface area contributed by atoms with E-state index in [-0.39, 0.29) is 23.1 Å². The van der Waals surface area contributed by atoms with Crippen molar-refractivity contribution in [3.8, 4) is 0 Å². The molecule has 0 heterocycles. The lowest BCUT2D eigenvalue weighted by Gasteiger charge is -2.17. The number of rotatable bonds is 2. The van der Waals surface area contributed by atoms with Crippen molar-refractivity contribution in [1.29, 1.82) is 0 Å². The minimum absolute atomic E-state index is 0.0133. The zero-order valence-electron chi connectivity index (χ0n) is 12.6. The monoisotopic (exact) mass is 256 g/mol. The Morgan fingerprint density at radius 3 is 1.06 bits per heavy atom. The molecule has 0 amide bonds. The quantitative estimate of drug-likeness (QED) is 0.713. The van der Waals surface area contributed by atoms with Crippen LogP contribution in [0.1, 0.15) is 41.5 Å². The molecular formula is C14H24O4. The molecule has 0 fully saturated rings. The first-order chi connectivity index (χ1) is 8.54. The van der Waals surface area contributed by atoms with Gasteiger partial charge in [0, 0.05) is 11.1 Å². The molecule has 0 aromatic carbocycles. The number of hydrogen-bond donors (Lipinski definition) is 0. The summed E-state index contributed by atoms with van der Waals surface area (Å²) in [5, 5.41) is 0. The van der Waals surface area contributed by atoms with Gasteiger partial charge in [-0.05, 0) is 13.8 Å². The number of carbonyl (C=O) groups excluding carboxylic acids is 2. The highest BCUT2D eigenvalue weighted by molar-refractivity contribution is 6.23. The van der Waals surface area contributed by atoms with Crippen LogP contribution in [0.2, 0.25) is 0 Å². The maximum absolute atomic E-state index is 11.6. The lowest BCUT2D eigenvalue weighted by Crippen LogP contribution is -2.23. The maximum atomic E-state index is 11.6. The van der Waals surface area contributed by atoms with Gasteiger partial charge in [0.15, 0.2) is 0 Å². The van der Waals surface area contributed by atoms with Crippen LogP contribution in [0, 0.1) is 0 Å². The third-order valence-corrected chi connectivity index (χ3v) is 2.27. The van der Waals surface area contributed by atoms with Crippen LogP contribution in [0.5, 0.6) is 0 Å². The summed E-state index contributed by atoms with van der Waals surface area (Å²) < 4.78 is 9.69. The number of methoxy groups -OCH3 is 2. The standard InChI is InChI=1S/C10H12O4.2C2H6/c1-5-6(2)8(12)10(14-4)9(13-3)7(5)11;2*1-2/h1-4H3;2*1-2H3. The van der Waals surface area contributed by atoms with Gasteiger partial charge in [0.25, 0.3) is 0 Å². The fraction of sp³-hybridized carbons (Fsp3) is 0.571. The molecule has 18 heavy (non-hydrogen) atoms. The zero-order valence-corrected chi connectivity index (χ0v) is 12.6. The van der Waals surface area contributed by atoms with E-state index in [1.807, 2.05) is 27.7 Å². The summed E-state index contributed by atoms with van der Waals surface area (Å²) in [6.45, 7) is 11.2. The molecule has 0 aliphatic heterocycles. The van der Waals surface area contributed by atoms with Gasteiger partial charge in [-0.15, -0.1) is 0 Å². The number of allylic oxidation sites excluding steroid dienone is 2. The Hall–Kier alpha value is -1.58. The summed E-state index contributed by atoms with van der Waals surface area (Å²) in [4.78, 5) is 23.2. The van der Waals surface area contributed by atoms with Gasteiger partial charge in [-0.2, -0.15) is 0 Å². The lowest BCUT2D eigenvalue weighted by atomic mass is 9.94. The van der Waals surface area contributed by atoms with Gasteiger partial charge in [0.2, 0.25) is 23.1 Å². The van der Waals surface area contributed by atoms with Gasteiger partial charge < -0.3 is 9.47 Å². The van der Waals surface area contributed by atoms with Crippen LogP contribution in [-0.4, -0.2) is 25.8 Å². The van der Waals surface area contributed by atoms with Gasteiger partial charge in [-0.25, -0.2) is 0 Å². The Morgan fingerprint density at radius 2 is 0.889 bits per heavy atom. The van der Waals surface area contributed by atoms with E-state index >= 15 is 0 Å². The Labute approximate surface area is 110 Å². The van der Waals surface area contributed by atoms with Crippen molar-refractivity contribution in [2.24, 2.45) is 0 Å². The molecule has 0 saturated heterocycles. The molecule has 1 aliphatic carbocycles. The second-order valence-corrected chi connectivity index (χ2v) is 2.97. The molecule has 0 saturated carbocycles. The van der Waals surface area contributed by atoms with E-state index in [0.29, 0.717) is 11.1 Å². The second-order valence-electron chi connectivity index (χ2n) is 2.97. The average Bonchev–Trinajstić information content (AvgIpc) is 2.44. The predicted molar refractivity (Wildman–Crippen MR) is 72.1 cm³/mol. The third kappa shape index (κ3) is 3.72. The molecular weight excluding hydrogens is 232 g/mol. The minimum atomic E-state index is -0.290. The first-order valence-corrected chi connectivity index (χ1v) is 6.13. The molecule has 104 valence electrons. The molecule has 4 heteroatoms. The first-order valence-electron chi connectivity index (χ1n) is 6.13. The van der Waals surface area contributed by atoms with E-state index in [1.54, 1.807) is 13.8 Å². The van der Waals surface area contributed by atoms with Crippen LogP contribution < -0.4 is 0 Å². The van der Waals surface area contributed by atoms with Crippen molar-refractivity contribution in [2.45, 2.75) is 41.5 Å². The fourth-order valence-corrected chi connectivity index (χ4v) is 1.26. The molecule has 4 nitrogen and oxygen atoms in total. The van der Waals surface area contributed by atoms with Gasteiger partial charge in [-0.3, -0.25) is 9.59 Å². The van der Waals surface area contributed by atoms with Crippen molar-refractivity contribution in [2.75, 3.05) is 14.2 Å². The molecule has 0 unspecified atom stereocenters. The Bertz CT molecular complexity index is 328. The number of hydrogen-bond acceptors (Lipinski definition) is 4. The van der Waals surface area contributed by atoms with Crippen molar-refractivity contribution in [1.82, 2.24) is 0 Å². The van der Waals surface area contributed by atoms with Crippen molar-refractivity contribution in [3.05, 3.63) is 22.7 Å². The number of carbonyl (C=O) groups is 2. The molecule has 0 radical (unpaired) electrons. The highest BCUT2D eigenvalue weighted by atomic mass is 16.5. The zero-order chi connectivity index (χ0) is 14.9. The third-order valence-electron chi connectivity index (χ3n) is 2.27. The largest absolute Gasteiger partial charge is 0.489 e. The van der Waals surface area contributed by atoms with Crippen LogP contribution in [0.15, 0.2) is 22.7 Å². The predicted octanol–water partition coefficient (Wildman–Crippen LogP) is 3.03. The summed E-state index contributed by atoms with van der Waals surface area (Å²) in [6, 6.07) is 0. The number of ketones is 2. The SMILES string of the molecule is CC.CC.COC1=C(OC)C(=O)C(C)=C(C)C1=O. The van der Waals surface area contributed by atoms with Gasteiger partial charge in [-0.1, -0.05) is 27.7 Å². The highest BCUT2D eigenvalue weighted by Gasteiger charge is 2.32. The van der Waals surface area contributed by atoms with E-state index < -0.39 is 0 Å². The second kappa shape index (κ2) is 9.45. The van der Waals surface area contributed by atoms with E-state index in [9.17, 15) is 9.59 Å². The molecule has 0 N–H and O–H groups in total. The molecule has 0 aromatic heterocycles.